The summed E-state index contributed by atoms with van der Waals surface area (Å²) in [7, 11) is 0. The Morgan fingerprint density at radius 1 is 1.20 bits per heavy atom. The highest BCUT2D eigenvalue weighted by Crippen LogP contribution is 2.28. The van der Waals surface area contributed by atoms with E-state index in [4.69, 9.17) is 8.94 Å². The Bertz CT molecular complexity index is 1010. The third-order valence-corrected chi connectivity index (χ3v) is 5.16. The fourth-order valence-electron chi connectivity index (χ4n) is 3.48. The van der Waals surface area contributed by atoms with Gasteiger partial charge in [-0.2, -0.15) is 4.98 Å². The number of benzene rings is 1. The highest BCUT2D eigenvalue weighted by Gasteiger charge is 2.30. The van der Waals surface area contributed by atoms with E-state index in [1.54, 1.807) is 36.1 Å². The fourth-order valence-corrected chi connectivity index (χ4v) is 3.48. The molecular formula is C21H21FN4O4. The summed E-state index contributed by atoms with van der Waals surface area (Å²) in [6.45, 7) is 2.71. The van der Waals surface area contributed by atoms with E-state index in [-0.39, 0.29) is 23.4 Å². The molecule has 0 spiro atoms. The summed E-state index contributed by atoms with van der Waals surface area (Å²) in [5, 5.41) is 6.64. The molecule has 1 N–H and O–H groups in total. The maximum atomic E-state index is 13.1. The van der Waals surface area contributed by atoms with Crippen molar-refractivity contribution >= 4 is 11.8 Å². The molecule has 0 saturated carbocycles. The van der Waals surface area contributed by atoms with Gasteiger partial charge in [0.25, 0.3) is 5.91 Å². The summed E-state index contributed by atoms with van der Waals surface area (Å²) < 4.78 is 23.5. The average Bonchev–Trinajstić information content (AvgIpc) is 3.46. The lowest BCUT2D eigenvalue weighted by Crippen LogP contribution is -2.49. The summed E-state index contributed by atoms with van der Waals surface area (Å²) in [5.41, 5.74) is 0.681. The van der Waals surface area contributed by atoms with E-state index < -0.39 is 11.9 Å². The second-order valence-corrected chi connectivity index (χ2v) is 7.24. The number of hydrogen-bond donors (Lipinski definition) is 1. The van der Waals surface area contributed by atoms with Crippen LogP contribution in [0.3, 0.4) is 0 Å². The van der Waals surface area contributed by atoms with Crippen LogP contribution in [0.15, 0.2) is 51.6 Å². The molecule has 0 bridgehead atoms. The molecule has 2 amide bonds. The Balaban J connectivity index is 1.32. The number of hydrogen-bond acceptors (Lipinski definition) is 6. The Morgan fingerprint density at radius 2 is 1.93 bits per heavy atom. The van der Waals surface area contributed by atoms with Crippen molar-refractivity contribution in [2.45, 2.75) is 31.7 Å². The number of carbonyl (C=O) groups excluding carboxylic acids is 2. The van der Waals surface area contributed by atoms with Crippen molar-refractivity contribution in [3.63, 3.8) is 0 Å². The number of nitrogens with zero attached hydrogens (tertiary/aromatic N) is 3. The Hall–Kier alpha value is -3.49. The second kappa shape index (κ2) is 8.48. The molecule has 0 aliphatic carbocycles. The van der Waals surface area contributed by atoms with Gasteiger partial charge in [-0.3, -0.25) is 9.59 Å². The lowest BCUT2D eigenvalue weighted by atomic mass is 9.96. The molecule has 8 nitrogen and oxygen atoms in total. The second-order valence-electron chi connectivity index (χ2n) is 7.24. The smallest absolute Gasteiger partial charge is 0.287 e. The largest absolute Gasteiger partial charge is 0.459 e. The van der Waals surface area contributed by atoms with Gasteiger partial charge < -0.3 is 19.2 Å². The summed E-state index contributed by atoms with van der Waals surface area (Å²) in [5.74, 6) is 0.249. The van der Waals surface area contributed by atoms with Crippen molar-refractivity contribution in [2.24, 2.45) is 0 Å². The standard InChI is InChI=1S/C21H21FN4O4/c1-13(23-19(27)17-3-2-12-29-17)21(28)26-10-8-15(9-11-26)20-24-18(25-30-20)14-4-6-16(22)7-5-14/h2-7,12-13,15H,8-11H2,1H3,(H,23,27)/t13-/m0/s1. The Kier molecular flexibility index (Phi) is 5.60. The number of nitrogens with one attached hydrogen (secondary N) is 1. The van der Waals surface area contributed by atoms with Crippen LogP contribution in [0.1, 0.15) is 42.1 Å². The molecule has 1 atom stereocenters. The summed E-state index contributed by atoms with van der Waals surface area (Å²) >= 11 is 0. The number of carbonyl (C=O) groups is 2. The first-order valence-electron chi connectivity index (χ1n) is 9.74. The number of likely N-dealkylation sites (tertiary alicyclic amines) is 1. The van der Waals surface area contributed by atoms with Gasteiger partial charge in [0.05, 0.1) is 6.26 Å². The van der Waals surface area contributed by atoms with Gasteiger partial charge in [-0.15, -0.1) is 0 Å². The maximum Gasteiger partial charge on any atom is 0.287 e. The number of piperidine rings is 1. The number of aromatic nitrogens is 2. The van der Waals surface area contributed by atoms with Gasteiger partial charge >= 0.3 is 0 Å². The third-order valence-electron chi connectivity index (χ3n) is 5.16. The first kappa shape index (κ1) is 19.8. The zero-order chi connectivity index (χ0) is 21.1. The zero-order valence-electron chi connectivity index (χ0n) is 16.4. The number of amides is 2. The molecule has 1 aromatic carbocycles. The topological polar surface area (TPSA) is 101 Å². The lowest BCUT2D eigenvalue weighted by Gasteiger charge is -2.32. The highest BCUT2D eigenvalue weighted by atomic mass is 19.1. The Morgan fingerprint density at radius 3 is 2.60 bits per heavy atom. The minimum Gasteiger partial charge on any atom is -0.459 e. The molecule has 3 aromatic rings. The molecule has 9 heteroatoms. The Labute approximate surface area is 172 Å². The van der Waals surface area contributed by atoms with Crippen LogP contribution in [-0.2, 0) is 4.79 Å². The number of halogens is 1. The van der Waals surface area contributed by atoms with Crippen LogP contribution in [-0.4, -0.2) is 46.0 Å². The van der Waals surface area contributed by atoms with Crippen LogP contribution in [0.2, 0.25) is 0 Å². The predicted octanol–water partition coefficient (Wildman–Crippen LogP) is 2.99. The van der Waals surface area contributed by atoms with Gasteiger partial charge in [0, 0.05) is 24.6 Å². The molecule has 3 heterocycles. The molecule has 1 fully saturated rings. The van der Waals surface area contributed by atoms with Crippen LogP contribution < -0.4 is 5.32 Å². The molecule has 0 unspecified atom stereocenters. The molecule has 1 aliphatic rings. The lowest BCUT2D eigenvalue weighted by molar-refractivity contribution is -0.134. The molecule has 0 radical (unpaired) electrons. The molecule has 156 valence electrons. The van der Waals surface area contributed by atoms with Crippen LogP contribution in [0.5, 0.6) is 0 Å². The molecule has 1 aliphatic heterocycles. The van der Waals surface area contributed by atoms with Gasteiger partial charge in [-0.05, 0) is 56.2 Å². The van der Waals surface area contributed by atoms with Gasteiger partial charge in [0.2, 0.25) is 17.6 Å². The van der Waals surface area contributed by atoms with Crippen LogP contribution >= 0.6 is 0 Å². The minimum absolute atomic E-state index is 0.0452. The first-order chi connectivity index (χ1) is 14.5. The van der Waals surface area contributed by atoms with E-state index in [9.17, 15) is 14.0 Å². The molecule has 1 saturated heterocycles. The third kappa shape index (κ3) is 4.24. The number of furan rings is 1. The van der Waals surface area contributed by atoms with Gasteiger partial charge in [0.1, 0.15) is 11.9 Å². The highest BCUT2D eigenvalue weighted by molar-refractivity contribution is 5.95. The summed E-state index contributed by atoms with van der Waals surface area (Å²) in [6, 6.07) is 8.40. The molecular weight excluding hydrogens is 391 g/mol. The maximum absolute atomic E-state index is 13.1. The fraction of sp³-hybridized carbons (Fsp3) is 0.333. The van der Waals surface area contributed by atoms with Crippen molar-refractivity contribution in [2.75, 3.05) is 13.1 Å². The van der Waals surface area contributed by atoms with Crippen molar-refractivity contribution in [1.82, 2.24) is 20.4 Å². The molecule has 30 heavy (non-hydrogen) atoms. The zero-order valence-corrected chi connectivity index (χ0v) is 16.4. The van der Waals surface area contributed by atoms with Crippen molar-refractivity contribution in [3.8, 4) is 11.4 Å². The molecule has 2 aromatic heterocycles. The normalized spacial score (nSPS) is 15.7. The summed E-state index contributed by atoms with van der Waals surface area (Å²) in [4.78, 5) is 30.9. The average molecular weight is 412 g/mol. The van der Waals surface area contributed by atoms with Crippen molar-refractivity contribution in [3.05, 3.63) is 60.1 Å². The van der Waals surface area contributed by atoms with Crippen molar-refractivity contribution in [1.29, 1.82) is 0 Å². The minimum atomic E-state index is -0.660. The van der Waals surface area contributed by atoms with Crippen molar-refractivity contribution < 1.29 is 22.9 Å². The van der Waals surface area contributed by atoms with E-state index in [0.717, 1.165) is 0 Å². The van der Waals surface area contributed by atoms with Gasteiger partial charge in [-0.25, -0.2) is 4.39 Å². The quantitative estimate of drug-likeness (QED) is 0.691. The van der Waals surface area contributed by atoms with E-state index >= 15 is 0 Å². The van der Waals surface area contributed by atoms with E-state index in [1.165, 1.54) is 18.4 Å². The van der Waals surface area contributed by atoms with E-state index in [0.29, 0.717) is 43.2 Å². The van der Waals surface area contributed by atoms with Crippen LogP contribution in [0, 0.1) is 5.82 Å². The molecule has 4 rings (SSSR count). The van der Waals surface area contributed by atoms with Gasteiger partial charge in [-0.1, -0.05) is 5.16 Å². The first-order valence-corrected chi connectivity index (χ1v) is 9.74. The monoisotopic (exact) mass is 412 g/mol. The SMILES string of the molecule is C[C@H](NC(=O)c1ccco1)C(=O)N1CCC(c2nc(-c3ccc(F)cc3)no2)CC1. The van der Waals surface area contributed by atoms with E-state index in [1.807, 2.05) is 0 Å². The van der Waals surface area contributed by atoms with Crippen LogP contribution in [0.4, 0.5) is 4.39 Å². The predicted molar refractivity (Wildman–Crippen MR) is 104 cm³/mol. The van der Waals surface area contributed by atoms with Gasteiger partial charge in [0.15, 0.2) is 5.76 Å². The number of rotatable bonds is 5. The van der Waals surface area contributed by atoms with E-state index in [2.05, 4.69) is 15.5 Å². The summed E-state index contributed by atoms with van der Waals surface area (Å²) in [6.07, 6.45) is 2.76. The van der Waals surface area contributed by atoms with Crippen LogP contribution in [0.25, 0.3) is 11.4 Å².